The Morgan fingerprint density at radius 3 is 2.84 bits per heavy atom. The first-order valence-corrected chi connectivity index (χ1v) is 7.35. The third-order valence-electron chi connectivity index (χ3n) is 4.35. The molecule has 1 aliphatic heterocycles. The zero-order chi connectivity index (χ0) is 14.0. The first kappa shape index (κ1) is 14.5. The molecule has 0 bridgehead atoms. The van der Waals surface area contributed by atoms with Gasteiger partial charge in [0.1, 0.15) is 5.76 Å². The van der Waals surface area contributed by atoms with E-state index < -0.39 is 0 Å². The Morgan fingerprint density at radius 2 is 2.32 bits per heavy atom. The van der Waals surface area contributed by atoms with Gasteiger partial charge in [-0.15, -0.1) is 0 Å². The highest BCUT2D eigenvalue weighted by Crippen LogP contribution is 2.24. The Morgan fingerprint density at radius 1 is 1.58 bits per heavy atom. The lowest BCUT2D eigenvalue weighted by molar-refractivity contribution is 0.0521. The van der Waals surface area contributed by atoms with Crippen molar-refractivity contribution in [2.75, 3.05) is 13.1 Å². The fourth-order valence-electron chi connectivity index (χ4n) is 2.87. The summed E-state index contributed by atoms with van der Waals surface area (Å²) in [6.07, 6.45) is 1.14. The summed E-state index contributed by atoms with van der Waals surface area (Å²) in [5.41, 5.74) is 1.26. The normalized spacial score (nSPS) is 29.1. The maximum absolute atomic E-state index is 5.19. The first-order chi connectivity index (χ1) is 8.93. The van der Waals surface area contributed by atoms with Crippen LogP contribution in [-0.2, 0) is 6.54 Å². The molecule has 19 heavy (non-hydrogen) atoms. The summed E-state index contributed by atoms with van der Waals surface area (Å²) in [7, 11) is 0. The topological polar surface area (TPSA) is 41.3 Å². The lowest BCUT2D eigenvalue weighted by Gasteiger charge is -2.47. The molecule has 0 saturated carbocycles. The van der Waals surface area contributed by atoms with Crippen LogP contribution in [0.25, 0.3) is 0 Å². The molecule has 1 N–H and O–H groups in total. The van der Waals surface area contributed by atoms with Crippen molar-refractivity contribution in [3.8, 4) is 0 Å². The molecule has 108 valence electrons. The van der Waals surface area contributed by atoms with E-state index in [0.29, 0.717) is 12.0 Å². The van der Waals surface area contributed by atoms with Crippen LogP contribution in [0.4, 0.5) is 0 Å². The molecule has 4 heteroatoms. The molecule has 2 heterocycles. The summed E-state index contributed by atoms with van der Waals surface area (Å²) in [4.78, 5) is 2.56. The van der Waals surface area contributed by atoms with E-state index in [4.69, 9.17) is 4.52 Å². The van der Waals surface area contributed by atoms with Crippen LogP contribution in [0.5, 0.6) is 0 Å². The number of nitrogens with zero attached hydrogens (tertiary/aromatic N) is 2. The van der Waals surface area contributed by atoms with Crippen molar-refractivity contribution in [1.29, 1.82) is 0 Å². The van der Waals surface area contributed by atoms with Crippen LogP contribution in [-0.4, -0.2) is 34.7 Å². The zero-order valence-corrected chi connectivity index (χ0v) is 12.9. The van der Waals surface area contributed by atoms with E-state index in [1.807, 2.05) is 13.0 Å². The van der Waals surface area contributed by atoms with Gasteiger partial charge < -0.3 is 9.84 Å². The molecule has 0 spiro atoms. The van der Waals surface area contributed by atoms with Crippen molar-refractivity contribution in [2.45, 2.75) is 59.2 Å². The Kier molecular flexibility index (Phi) is 4.31. The molecule has 1 saturated heterocycles. The number of rotatable bonds is 4. The van der Waals surface area contributed by atoms with Gasteiger partial charge in [-0.3, -0.25) is 4.90 Å². The second-order valence-electron chi connectivity index (χ2n) is 6.44. The Balaban J connectivity index is 2.11. The maximum Gasteiger partial charge on any atom is 0.133 e. The van der Waals surface area contributed by atoms with Crippen molar-refractivity contribution in [1.82, 2.24) is 15.4 Å². The molecule has 1 aromatic rings. The average Bonchev–Trinajstić information content (AvgIpc) is 2.74. The summed E-state index contributed by atoms with van der Waals surface area (Å²) in [5.74, 6) is 1.53. The van der Waals surface area contributed by atoms with Crippen molar-refractivity contribution in [2.24, 2.45) is 5.92 Å². The molecule has 1 aliphatic rings. The molecule has 0 aromatic carbocycles. The zero-order valence-electron chi connectivity index (χ0n) is 12.9. The van der Waals surface area contributed by atoms with Gasteiger partial charge in [0.05, 0.1) is 5.69 Å². The standard InChI is InChI=1S/C15H27N3O/c1-6-15(5)10-18(14(8-16-15)11(2)3)9-13-7-12(4)19-17-13/h7,11,14,16H,6,8-10H2,1-5H3. The number of aryl methyl sites for hydroxylation is 1. The number of hydrogen-bond acceptors (Lipinski definition) is 4. The van der Waals surface area contributed by atoms with Gasteiger partial charge in [0.15, 0.2) is 0 Å². The Labute approximate surface area is 116 Å². The van der Waals surface area contributed by atoms with Crippen molar-refractivity contribution < 1.29 is 4.52 Å². The number of nitrogens with one attached hydrogen (secondary N) is 1. The molecule has 1 fully saturated rings. The van der Waals surface area contributed by atoms with Gasteiger partial charge in [0, 0.05) is 37.3 Å². The van der Waals surface area contributed by atoms with Gasteiger partial charge in [-0.1, -0.05) is 25.9 Å². The van der Waals surface area contributed by atoms with E-state index in [9.17, 15) is 0 Å². The second kappa shape index (κ2) is 5.63. The molecule has 4 nitrogen and oxygen atoms in total. The van der Waals surface area contributed by atoms with Crippen LogP contribution < -0.4 is 5.32 Å². The fourth-order valence-corrected chi connectivity index (χ4v) is 2.87. The lowest BCUT2D eigenvalue weighted by Crippen LogP contribution is -2.63. The third-order valence-corrected chi connectivity index (χ3v) is 4.35. The third kappa shape index (κ3) is 3.37. The number of piperazine rings is 1. The SMILES string of the molecule is CCC1(C)CN(Cc2cc(C)on2)C(C(C)C)CN1. The van der Waals surface area contributed by atoms with Crippen molar-refractivity contribution >= 4 is 0 Å². The highest BCUT2D eigenvalue weighted by molar-refractivity contribution is 5.05. The predicted octanol–water partition coefficient (Wildman–Crippen LogP) is 2.58. The van der Waals surface area contributed by atoms with Gasteiger partial charge >= 0.3 is 0 Å². The Bertz CT molecular complexity index is 415. The monoisotopic (exact) mass is 265 g/mol. The van der Waals surface area contributed by atoms with Crippen molar-refractivity contribution in [3.05, 3.63) is 17.5 Å². The average molecular weight is 265 g/mol. The minimum absolute atomic E-state index is 0.212. The highest BCUT2D eigenvalue weighted by atomic mass is 16.5. The van der Waals surface area contributed by atoms with E-state index >= 15 is 0 Å². The summed E-state index contributed by atoms with van der Waals surface area (Å²) in [6.45, 7) is 14.1. The quantitative estimate of drug-likeness (QED) is 0.908. The van der Waals surface area contributed by atoms with Gasteiger partial charge in [0.2, 0.25) is 0 Å². The van der Waals surface area contributed by atoms with E-state index in [0.717, 1.165) is 37.5 Å². The minimum Gasteiger partial charge on any atom is -0.361 e. The molecular weight excluding hydrogens is 238 g/mol. The molecular formula is C15H27N3O. The molecule has 2 atom stereocenters. The van der Waals surface area contributed by atoms with Gasteiger partial charge in [0.25, 0.3) is 0 Å². The second-order valence-corrected chi connectivity index (χ2v) is 6.44. The van der Waals surface area contributed by atoms with Crippen LogP contribution in [0.15, 0.2) is 10.6 Å². The minimum atomic E-state index is 0.212. The lowest BCUT2D eigenvalue weighted by atomic mass is 9.90. The van der Waals surface area contributed by atoms with Crippen LogP contribution in [0.2, 0.25) is 0 Å². The Hall–Kier alpha value is -0.870. The van der Waals surface area contributed by atoms with Gasteiger partial charge in [-0.2, -0.15) is 0 Å². The summed E-state index contributed by atoms with van der Waals surface area (Å²) in [5, 5.41) is 7.85. The molecule has 0 radical (unpaired) electrons. The molecule has 1 aromatic heterocycles. The number of hydrogen-bond donors (Lipinski definition) is 1. The van der Waals surface area contributed by atoms with Crippen LogP contribution in [0, 0.1) is 12.8 Å². The smallest absolute Gasteiger partial charge is 0.133 e. The predicted molar refractivity (Wildman–Crippen MR) is 77.0 cm³/mol. The molecule has 0 aliphatic carbocycles. The molecule has 2 unspecified atom stereocenters. The first-order valence-electron chi connectivity index (χ1n) is 7.35. The molecule has 0 amide bonds. The van der Waals surface area contributed by atoms with Gasteiger partial charge in [-0.05, 0) is 26.2 Å². The summed E-state index contributed by atoms with van der Waals surface area (Å²) in [6, 6.07) is 2.61. The largest absolute Gasteiger partial charge is 0.361 e. The summed E-state index contributed by atoms with van der Waals surface area (Å²) >= 11 is 0. The van der Waals surface area contributed by atoms with Crippen LogP contribution >= 0.6 is 0 Å². The fraction of sp³-hybridized carbons (Fsp3) is 0.800. The number of aromatic nitrogens is 1. The van der Waals surface area contributed by atoms with Gasteiger partial charge in [-0.25, -0.2) is 0 Å². The summed E-state index contributed by atoms with van der Waals surface area (Å²) < 4.78 is 5.19. The van der Waals surface area contributed by atoms with Crippen molar-refractivity contribution in [3.63, 3.8) is 0 Å². The van der Waals surface area contributed by atoms with E-state index in [2.05, 4.69) is 43.1 Å². The van der Waals surface area contributed by atoms with E-state index in [-0.39, 0.29) is 5.54 Å². The highest BCUT2D eigenvalue weighted by Gasteiger charge is 2.35. The van der Waals surface area contributed by atoms with E-state index in [1.54, 1.807) is 0 Å². The van der Waals surface area contributed by atoms with E-state index in [1.165, 1.54) is 0 Å². The van der Waals surface area contributed by atoms with Crippen LogP contribution in [0.3, 0.4) is 0 Å². The van der Waals surface area contributed by atoms with Crippen LogP contribution in [0.1, 0.15) is 45.6 Å². The maximum atomic E-state index is 5.19. The molecule has 2 rings (SSSR count).